The zero-order valence-electron chi connectivity index (χ0n) is 13.9. The Morgan fingerprint density at radius 1 is 1.13 bits per heavy atom. The number of benzene rings is 1. The second-order valence-corrected chi connectivity index (χ2v) is 8.10. The van der Waals surface area contributed by atoms with Crippen LogP contribution in [0.15, 0.2) is 24.3 Å². The first-order valence-electron chi connectivity index (χ1n) is 8.39. The molecule has 1 aliphatic carbocycles. The Morgan fingerprint density at radius 3 is 2.26 bits per heavy atom. The van der Waals surface area contributed by atoms with Gasteiger partial charge in [-0.3, -0.25) is 9.10 Å². The summed E-state index contributed by atoms with van der Waals surface area (Å²) >= 11 is 0. The van der Waals surface area contributed by atoms with Crippen LogP contribution in [0.5, 0.6) is 0 Å². The Kier molecular flexibility index (Phi) is 6.04. The molecule has 0 bridgehead atoms. The minimum absolute atomic E-state index is 0.0603. The Morgan fingerprint density at radius 2 is 1.74 bits per heavy atom. The fourth-order valence-corrected chi connectivity index (χ4v) is 4.14. The molecular weight excluding hydrogens is 312 g/mol. The van der Waals surface area contributed by atoms with Crippen molar-refractivity contribution in [3.63, 3.8) is 0 Å². The van der Waals surface area contributed by atoms with Gasteiger partial charge in [0, 0.05) is 18.2 Å². The number of carbonyl (C=O) groups excluding carboxylic acids is 1. The van der Waals surface area contributed by atoms with Crippen molar-refractivity contribution >= 4 is 21.6 Å². The molecule has 0 aliphatic heterocycles. The highest BCUT2D eigenvalue weighted by Crippen LogP contribution is 2.20. The molecule has 1 saturated carbocycles. The molecule has 1 aliphatic rings. The number of rotatable bonds is 6. The van der Waals surface area contributed by atoms with Crippen molar-refractivity contribution in [2.75, 3.05) is 16.6 Å². The number of carbonyl (C=O) groups is 1. The van der Waals surface area contributed by atoms with Gasteiger partial charge in [-0.15, -0.1) is 0 Å². The van der Waals surface area contributed by atoms with Gasteiger partial charge in [-0.05, 0) is 51.0 Å². The van der Waals surface area contributed by atoms with Crippen molar-refractivity contribution in [2.45, 2.75) is 52.0 Å². The first-order valence-corrected chi connectivity index (χ1v) is 10.00. The van der Waals surface area contributed by atoms with Gasteiger partial charge in [-0.2, -0.15) is 0 Å². The summed E-state index contributed by atoms with van der Waals surface area (Å²) in [7, 11) is -3.29. The fraction of sp³-hybridized carbons (Fsp3) is 0.588. The van der Waals surface area contributed by atoms with E-state index in [-0.39, 0.29) is 17.7 Å². The van der Waals surface area contributed by atoms with Crippen LogP contribution in [0.3, 0.4) is 0 Å². The predicted octanol–water partition coefficient (Wildman–Crippen LogP) is 2.93. The highest BCUT2D eigenvalue weighted by Gasteiger charge is 2.20. The van der Waals surface area contributed by atoms with Gasteiger partial charge in [-0.1, -0.05) is 19.3 Å². The van der Waals surface area contributed by atoms with E-state index in [4.69, 9.17) is 0 Å². The number of hydrogen-bond acceptors (Lipinski definition) is 3. The molecule has 0 aromatic heterocycles. The lowest BCUT2D eigenvalue weighted by atomic mass is 9.95. The number of anilines is 1. The molecule has 5 nitrogen and oxygen atoms in total. The second kappa shape index (κ2) is 7.81. The topological polar surface area (TPSA) is 66.5 Å². The van der Waals surface area contributed by atoms with Crippen LogP contribution in [-0.2, 0) is 10.0 Å². The van der Waals surface area contributed by atoms with E-state index in [2.05, 4.69) is 5.32 Å². The summed E-state index contributed by atoms with van der Waals surface area (Å²) in [4.78, 5) is 12.3. The quantitative estimate of drug-likeness (QED) is 0.867. The molecule has 1 amide bonds. The summed E-state index contributed by atoms with van der Waals surface area (Å²) in [6.45, 7) is 3.81. The van der Waals surface area contributed by atoms with Crippen LogP contribution in [0.1, 0.15) is 56.3 Å². The zero-order chi connectivity index (χ0) is 16.9. The van der Waals surface area contributed by atoms with Crippen LogP contribution in [-0.4, -0.2) is 32.7 Å². The van der Waals surface area contributed by atoms with Crippen LogP contribution in [0.4, 0.5) is 5.69 Å². The molecule has 23 heavy (non-hydrogen) atoms. The standard InChI is InChI=1S/C17H26N2O3S/c1-3-19(23(21,22)4-2)16-12-10-14(11-13-16)17(20)18-15-8-6-5-7-9-15/h10-13,15H,3-9H2,1-2H3,(H,18,20). The molecule has 0 heterocycles. The summed E-state index contributed by atoms with van der Waals surface area (Å²) in [6, 6.07) is 7.06. The summed E-state index contributed by atoms with van der Waals surface area (Å²) in [6.07, 6.45) is 5.68. The Labute approximate surface area is 139 Å². The Hall–Kier alpha value is -1.56. The molecule has 0 atom stereocenters. The minimum atomic E-state index is -3.29. The Balaban J connectivity index is 2.07. The maximum Gasteiger partial charge on any atom is 0.251 e. The number of hydrogen-bond donors (Lipinski definition) is 1. The first-order chi connectivity index (χ1) is 11.0. The van der Waals surface area contributed by atoms with E-state index in [1.54, 1.807) is 38.1 Å². The van der Waals surface area contributed by atoms with Gasteiger partial charge >= 0.3 is 0 Å². The highest BCUT2D eigenvalue weighted by atomic mass is 32.2. The van der Waals surface area contributed by atoms with Crippen LogP contribution in [0.25, 0.3) is 0 Å². The van der Waals surface area contributed by atoms with Gasteiger partial charge in [0.25, 0.3) is 5.91 Å². The summed E-state index contributed by atoms with van der Waals surface area (Å²) in [5.74, 6) is -0.0186. The molecule has 6 heteroatoms. The number of sulfonamides is 1. The smallest absolute Gasteiger partial charge is 0.251 e. The van der Waals surface area contributed by atoms with Gasteiger partial charge in [0.05, 0.1) is 11.4 Å². The van der Waals surface area contributed by atoms with E-state index in [1.165, 1.54) is 23.6 Å². The normalized spacial score (nSPS) is 16.1. The number of nitrogens with one attached hydrogen (secondary N) is 1. The van der Waals surface area contributed by atoms with E-state index in [0.717, 1.165) is 12.8 Å². The largest absolute Gasteiger partial charge is 0.349 e. The molecule has 1 aromatic carbocycles. The monoisotopic (exact) mass is 338 g/mol. The van der Waals surface area contributed by atoms with Crippen molar-refractivity contribution in [3.8, 4) is 0 Å². The van der Waals surface area contributed by atoms with E-state index in [0.29, 0.717) is 17.8 Å². The molecule has 2 rings (SSSR count). The maximum atomic E-state index is 12.3. The molecule has 0 unspecified atom stereocenters. The predicted molar refractivity (Wildman–Crippen MR) is 93.3 cm³/mol. The number of nitrogens with zero attached hydrogens (tertiary/aromatic N) is 1. The van der Waals surface area contributed by atoms with E-state index in [1.807, 2.05) is 0 Å². The second-order valence-electron chi connectivity index (χ2n) is 5.92. The van der Waals surface area contributed by atoms with Gasteiger partial charge in [0.1, 0.15) is 0 Å². The van der Waals surface area contributed by atoms with Crippen LogP contribution in [0, 0.1) is 0 Å². The lowest BCUT2D eigenvalue weighted by molar-refractivity contribution is 0.0927. The molecule has 1 aromatic rings. The summed E-state index contributed by atoms with van der Waals surface area (Å²) < 4.78 is 25.5. The van der Waals surface area contributed by atoms with E-state index >= 15 is 0 Å². The third kappa shape index (κ3) is 4.47. The molecular formula is C17H26N2O3S. The average molecular weight is 338 g/mol. The molecule has 1 N–H and O–H groups in total. The Bertz CT molecular complexity index is 620. The average Bonchev–Trinajstić information content (AvgIpc) is 2.57. The van der Waals surface area contributed by atoms with Crippen molar-refractivity contribution in [1.82, 2.24) is 5.32 Å². The van der Waals surface area contributed by atoms with Crippen molar-refractivity contribution in [2.24, 2.45) is 0 Å². The van der Waals surface area contributed by atoms with Crippen molar-refractivity contribution in [1.29, 1.82) is 0 Å². The molecule has 0 spiro atoms. The third-order valence-corrected chi connectivity index (χ3v) is 6.22. The fourth-order valence-electron chi connectivity index (χ4n) is 2.99. The molecule has 128 valence electrons. The van der Waals surface area contributed by atoms with E-state index < -0.39 is 10.0 Å². The molecule has 0 saturated heterocycles. The number of amides is 1. The molecule has 0 radical (unpaired) electrons. The minimum Gasteiger partial charge on any atom is -0.349 e. The first kappa shape index (κ1) is 17.8. The highest BCUT2D eigenvalue weighted by molar-refractivity contribution is 7.92. The van der Waals surface area contributed by atoms with Gasteiger partial charge < -0.3 is 5.32 Å². The van der Waals surface area contributed by atoms with Gasteiger partial charge in [-0.25, -0.2) is 8.42 Å². The SMILES string of the molecule is CCN(c1ccc(C(=O)NC2CCCCC2)cc1)S(=O)(=O)CC. The van der Waals surface area contributed by atoms with Crippen molar-refractivity contribution < 1.29 is 13.2 Å². The van der Waals surface area contributed by atoms with Crippen molar-refractivity contribution in [3.05, 3.63) is 29.8 Å². The zero-order valence-corrected chi connectivity index (χ0v) is 14.7. The third-order valence-electron chi connectivity index (χ3n) is 4.35. The lowest BCUT2D eigenvalue weighted by Gasteiger charge is -2.23. The molecule has 1 fully saturated rings. The lowest BCUT2D eigenvalue weighted by Crippen LogP contribution is -2.36. The van der Waals surface area contributed by atoms with Crippen LogP contribution in [0.2, 0.25) is 0 Å². The summed E-state index contributed by atoms with van der Waals surface area (Å²) in [5.41, 5.74) is 1.17. The van der Waals surface area contributed by atoms with Crippen LogP contribution >= 0.6 is 0 Å². The maximum absolute atomic E-state index is 12.3. The van der Waals surface area contributed by atoms with E-state index in [9.17, 15) is 13.2 Å². The van der Waals surface area contributed by atoms with Gasteiger partial charge in [0.2, 0.25) is 10.0 Å². The van der Waals surface area contributed by atoms with Gasteiger partial charge in [0.15, 0.2) is 0 Å². The van der Waals surface area contributed by atoms with Crippen LogP contribution < -0.4 is 9.62 Å². The summed E-state index contributed by atoms with van der Waals surface area (Å²) in [5, 5.41) is 3.07.